The Hall–Kier alpha value is -7.94. The zero-order chi connectivity index (χ0) is 72.8. The molecule has 0 bridgehead atoms. The number of amides is 7. The Morgan fingerprint density at radius 3 is 2.06 bits per heavy atom. The summed E-state index contributed by atoms with van der Waals surface area (Å²) in [5, 5.41) is 8.91. The van der Waals surface area contributed by atoms with Crippen LogP contribution in [-0.4, -0.2) is 253 Å². The molecule has 5 aromatic rings. The molecule has 5 fully saturated rings. The minimum atomic E-state index is -6.11. The van der Waals surface area contributed by atoms with Crippen LogP contribution < -0.4 is 25.6 Å². The minimum absolute atomic E-state index is 0.0134. The lowest BCUT2D eigenvalue weighted by molar-refractivity contribution is -0.137. The molecule has 4 N–H and O–H groups in total. The number of carbonyl (C=O) groups is 7. The summed E-state index contributed by atoms with van der Waals surface area (Å²) in [7, 11) is -11.0. The van der Waals surface area contributed by atoms with Crippen LogP contribution in [0.25, 0.3) is 5.57 Å². The van der Waals surface area contributed by atoms with Crippen molar-refractivity contribution in [3.63, 3.8) is 0 Å². The van der Waals surface area contributed by atoms with Crippen molar-refractivity contribution in [2.45, 2.75) is 77.7 Å². The first-order valence-corrected chi connectivity index (χ1v) is 39.0. The van der Waals surface area contributed by atoms with E-state index < -0.39 is 82.5 Å². The van der Waals surface area contributed by atoms with Gasteiger partial charge in [0.05, 0.1) is 48.0 Å². The van der Waals surface area contributed by atoms with Gasteiger partial charge in [-0.25, -0.2) is 21.6 Å². The molecule has 0 saturated carbocycles. The topological polar surface area (TPSA) is 271 Å². The largest absolute Gasteiger partial charge is 0.501 e. The SMILES string of the molecule is CC1(CN2CCN(C(=O)CN3CCN(C(=O)CNc4ccc5c(c4)C(=O)N(C4CCC(=O)NC4=O)C5=O)CC3)CC2)CCC(c2ccc(Cl)cc2)=C(CN2CCN(c3ccc(C(=O)NS(=O)(=O)c4ccc(N[C@H](CCN5CCOCC5)CSc5ccccc5)c(S(=O)(=O)C(F)(F)F)c4)cc3)CC2)C1. The van der Waals surface area contributed by atoms with Gasteiger partial charge in [-0.3, -0.25) is 63.4 Å². The number of thioether (sulfide) groups is 1. The van der Waals surface area contributed by atoms with E-state index in [9.17, 15) is 63.6 Å². The van der Waals surface area contributed by atoms with Crippen LogP contribution in [-0.2, 0) is 43.8 Å². The zero-order valence-electron chi connectivity index (χ0n) is 57.1. The number of imide groups is 2. The molecular weight excluding hydrogens is 1410 g/mol. The summed E-state index contributed by atoms with van der Waals surface area (Å²) in [6.45, 7) is 14.4. The smallest absolute Gasteiger partial charge is 0.380 e. The van der Waals surface area contributed by atoms with Crippen molar-refractivity contribution in [3.8, 4) is 0 Å². The van der Waals surface area contributed by atoms with E-state index in [1.165, 1.54) is 47.2 Å². The quantitative estimate of drug-likeness (QED) is 0.0373. The molecule has 2 unspecified atom stereocenters. The average molecular weight is 1500 g/mol. The number of nitrogens with one attached hydrogen (secondary N) is 4. The monoisotopic (exact) mass is 1500 g/mol. The fourth-order valence-corrected chi connectivity index (χ4v) is 17.7. The number of fused-ring (bicyclic) bond motifs is 1. The first-order chi connectivity index (χ1) is 49.3. The van der Waals surface area contributed by atoms with Gasteiger partial charge in [-0.15, -0.1) is 11.8 Å². The van der Waals surface area contributed by atoms with Crippen molar-refractivity contribution in [2.75, 3.05) is 159 Å². The molecule has 103 heavy (non-hydrogen) atoms. The van der Waals surface area contributed by atoms with Gasteiger partial charge in [0, 0.05) is 156 Å². The summed E-state index contributed by atoms with van der Waals surface area (Å²) in [6.07, 6.45) is 3.21. The summed E-state index contributed by atoms with van der Waals surface area (Å²) in [4.78, 5) is 106. The number of piperidine rings is 1. The molecule has 31 heteroatoms. The molecule has 1 aliphatic carbocycles. The summed E-state index contributed by atoms with van der Waals surface area (Å²) in [5.74, 6) is -3.23. The standard InChI is InChI=1S/C72H84ClF3N12O12S3/c1-71(48-84-29-35-87(36-30-84)66(91)46-83-27-33-86(34-28-83)65(90)44-77-53-13-17-59-60(41-53)70(95)88(69(59)94)62-19-20-64(89)79-68(62)93)23-21-58(49-7-11-52(73)12-8-49)51(43-71)45-82-25-31-85(32-26-82)55-14-9-50(10-15-55)67(92)80-103(98,99)57-16-18-61(63(42-57)102(96,97)72(74,75)76)78-54(22-24-81-37-39-100-40-38-81)47-101-56-5-3-2-4-6-56/h2-18,41-42,54,62,77-78H,19-40,43-48H2,1H3,(H,80,92)(H,79,89,93)/t54-,62?,71?/m1/s1. The van der Waals surface area contributed by atoms with E-state index in [4.69, 9.17) is 16.3 Å². The van der Waals surface area contributed by atoms with Crippen molar-refractivity contribution < 1.29 is 68.3 Å². The van der Waals surface area contributed by atoms with Gasteiger partial charge >= 0.3 is 5.51 Å². The Balaban J connectivity index is 0.604. The fraction of sp³-hybridized carbons (Fsp3) is 0.458. The molecule has 6 heterocycles. The molecule has 7 aliphatic rings. The maximum atomic E-state index is 14.4. The van der Waals surface area contributed by atoms with Gasteiger partial charge < -0.3 is 30.1 Å². The molecule has 6 aliphatic heterocycles. The molecule has 5 saturated heterocycles. The lowest BCUT2D eigenvalue weighted by Gasteiger charge is -2.44. The Morgan fingerprint density at radius 2 is 1.38 bits per heavy atom. The van der Waals surface area contributed by atoms with E-state index in [2.05, 4.69) is 59.5 Å². The number of morpholine rings is 1. The summed E-state index contributed by atoms with van der Waals surface area (Å²) in [5.41, 5.74) is -0.973. The van der Waals surface area contributed by atoms with E-state index in [-0.39, 0.29) is 59.9 Å². The zero-order valence-corrected chi connectivity index (χ0v) is 60.3. The Bertz CT molecular complexity index is 4270. The van der Waals surface area contributed by atoms with E-state index in [0.717, 1.165) is 91.7 Å². The fourth-order valence-electron chi connectivity index (χ4n) is 14.5. The van der Waals surface area contributed by atoms with Crippen LogP contribution in [0.1, 0.15) is 82.1 Å². The number of carbonyl (C=O) groups excluding carboxylic acids is 7. The van der Waals surface area contributed by atoms with Crippen LogP contribution in [0.3, 0.4) is 0 Å². The molecule has 7 amide bonds. The third-order valence-corrected chi connectivity index (χ3v) is 24.6. The molecule has 12 rings (SSSR count). The van der Waals surface area contributed by atoms with Crippen LogP contribution in [0.15, 0.2) is 136 Å². The lowest BCUT2D eigenvalue weighted by Crippen LogP contribution is -2.55. The number of piperazine rings is 3. The summed E-state index contributed by atoms with van der Waals surface area (Å²) in [6, 6.07) is 29.0. The number of hydrogen-bond acceptors (Lipinski definition) is 20. The van der Waals surface area contributed by atoms with Crippen LogP contribution >= 0.6 is 23.4 Å². The van der Waals surface area contributed by atoms with Gasteiger partial charge in [0.1, 0.15) is 10.9 Å². The highest BCUT2D eigenvalue weighted by Gasteiger charge is 2.49. The molecule has 0 radical (unpaired) electrons. The molecule has 550 valence electrons. The first kappa shape index (κ1) is 74.8. The van der Waals surface area contributed by atoms with E-state index in [0.29, 0.717) is 114 Å². The van der Waals surface area contributed by atoms with Gasteiger partial charge in [0.2, 0.25) is 23.6 Å². The summed E-state index contributed by atoms with van der Waals surface area (Å²) < 4.78 is 105. The number of rotatable bonds is 24. The normalized spacial score (nSPS) is 21.2. The van der Waals surface area contributed by atoms with Crippen molar-refractivity contribution in [2.24, 2.45) is 5.41 Å². The number of allylic oxidation sites excluding steroid dienone is 1. The second kappa shape index (κ2) is 32.2. The van der Waals surface area contributed by atoms with Gasteiger partial charge in [-0.1, -0.05) is 54.4 Å². The number of hydrogen-bond donors (Lipinski definition) is 4. The predicted molar refractivity (Wildman–Crippen MR) is 384 cm³/mol. The van der Waals surface area contributed by atoms with Gasteiger partial charge in [0.15, 0.2) is 0 Å². The van der Waals surface area contributed by atoms with Gasteiger partial charge in [-0.05, 0) is 134 Å². The Labute approximate surface area is 606 Å². The van der Waals surface area contributed by atoms with Crippen LogP contribution in [0.5, 0.6) is 0 Å². The van der Waals surface area contributed by atoms with Gasteiger partial charge in [0.25, 0.3) is 37.6 Å². The van der Waals surface area contributed by atoms with Gasteiger partial charge in [-0.2, -0.15) is 13.2 Å². The number of benzene rings is 5. The number of anilines is 3. The second-order valence-corrected chi connectivity index (χ2v) is 32.6. The van der Waals surface area contributed by atoms with Crippen molar-refractivity contribution in [1.82, 2.24) is 44.3 Å². The molecule has 0 spiro atoms. The molecule has 24 nitrogen and oxygen atoms in total. The third-order valence-electron chi connectivity index (χ3n) is 20.4. The van der Waals surface area contributed by atoms with Crippen LogP contribution in [0.4, 0.5) is 30.2 Å². The predicted octanol–water partition coefficient (Wildman–Crippen LogP) is 6.62. The Kier molecular flexibility index (Phi) is 23.4. The number of ether oxygens (including phenoxy) is 1. The number of sulfonamides is 1. The molecule has 5 aromatic carbocycles. The Morgan fingerprint density at radius 1 is 0.718 bits per heavy atom. The van der Waals surface area contributed by atoms with E-state index in [1.54, 1.807) is 23.1 Å². The highest BCUT2D eigenvalue weighted by molar-refractivity contribution is 7.99. The van der Waals surface area contributed by atoms with Crippen LogP contribution in [0, 0.1) is 5.41 Å². The molecular formula is C72H84ClF3N12O12S3. The average Bonchev–Trinajstić information content (AvgIpc) is 1.74. The highest BCUT2D eigenvalue weighted by atomic mass is 35.5. The van der Waals surface area contributed by atoms with E-state index >= 15 is 0 Å². The maximum absolute atomic E-state index is 14.4. The second-order valence-electron chi connectivity index (χ2n) is 27.5. The molecule has 3 atom stereocenters. The highest BCUT2D eigenvalue weighted by Crippen LogP contribution is 2.45. The minimum Gasteiger partial charge on any atom is -0.380 e. The summed E-state index contributed by atoms with van der Waals surface area (Å²) >= 11 is 7.82. The van der Waals surface area contributed by atoms with E-state index in [1.807, 2.05) is 52.1 Å². The van der Waals surface area contributed by atoms with Crippen molar-refractivity contribution in [1.29, 1.82) is 0 Å². The number of alkyl halides is 3. The maximum Gasteiger partial charge on any atom is 0.501 e. The molecule has 0 aromatic heterocycles. The van der Waals surface area contributed by atoms with Crippen LogP contribution in [0.2, 0.25) is 5.02 Å². The number of halogens is 4. The third kappa shape index (κ3) is 18.1. The number of sulfone groups is 1. The van der Waals surface area contributed by atoms with Crippen molar-refractivity contribution in [3.05, 3.63) is 148 Å². The number of nitrogens with zero attached hydrogens (tertiary/aromatic N) is 8. The lowest BCUT2D eigenvalue weighted by atomic mass is 9.71. The van der Waals surface area contributed by atoms with Crippen molar-refractivity contribution >= 4 is 107 Å². The first-order valence-electron chi connectivity index (χ1n) is 34.7.